The average Bonchev–Trinajstić information content (AvgIpc) is 2.84. The molecule has 2 aliphatic rings. The predicted molar refractivity (Wildman–Crippen MR) is 125 cm³/mol. The van der Waals surface area contributed by atoms with E-state index in [0.29, 0.717) is 42.1 Å². The number of alkyl halides is 3. The number of carbonyl (C=O) groups is 1. The Hall–Kier alpha value is -4.07. The summed E-state index contributed by atoms with van der Waals surface area (Å²) in [5.41, 5.74) is 3.05. The smallest absolute Gasteiger partial charge is 0.416 e. The number of rotatable bonds is 3. The quantitative estimate of drug-likeness (QED) is 0.491. The summed E-state index contributed by atoms with van der Waals surface area (Å²) in [5, 5.41) is 3.79. The number of fused-ring (bicyclic) bond motifs is 2. The number of aromatic nitrogens is 1. The van der Waals surface area contributed by atoms with Crippen LogP contribution in [0, 0.1) is 0 Å². The Balaban J connectivity index is 1.47. The van der Waals surface area contributed by atoms with E-state index in [0.717, 1.165) is 28.7 Å². The molecule has 0 fully saturated rings. The lowest BCUT2D eigenvalue weighted by atomic mass is 9.93. The minimum atomic E-state index is -4.47. The number of anilines is 2. The standard InChI is InChI=1S/C26H20F3N3O2/c27-26(28,29)19-4-6-22-18(7-11-32(24(22)15-19)21-8-12-34-13-9-21)14-25(33)31-20-5-3-17-2-1-10-30-23(17)16-20/h1-6,8-10,12,14-16H,7,11,13H2,(H,31,33). The Labute approximate surface area is 193 Å². The van der Waals surface area contributed by atoms with Gasteiger partial charge in [0.05, 0.1) is 17.3 Å². The molecular weight excluding hydrogens is 443 g/mol. The number of hydrogen-bond acceptors (Lipinski definition) is 4. The molecule has 0 unspecified atom stereocenters. The second kappa shape index (κ2) is 8.70. The van der Waals surface area contributed by atoms with Gasteiger partial charge in [0.1, 0.15) is 6.61 Å². The number of halogens is 3. The van der Waals surface area contributed by atoms with Crippen molar-refractivity contribution in [1.82, 2.24) is 4.98 Å². The fourth-order valence-electron chi connectivity index (χ4n) is 4.16. The van der Waals surface area contributed by atoms with Crippen LogP contribution in [0.25, 0.3) is 16.5 Å². The number of pyridine rings is 1. The van der Waals surface area contributed by atoms with Crippen molar-refractivity contribution in [3.63, 3.8) is 0 Å². The van der Waals surface area contributed by atoms with E-state index in [2.05, 4.69) is 10.3 Å². The van der Waals surface area contributed by atoms with Crippen LogP contribution >= 0.6 is 0 Å². The Morgan fingerprint density at radius 2 is 2.03 bits per heavy atom. The number of hydrogen-bond donors (Lipinski definition) is 1. The van der Waals surface area contributed by atoms with Crippen LogP contribution in [0.1, 0.15) is 17.5 Å². The molecule has 0 saturated carbocycles. The van der Waals surface area contributed by atoms with Gasteiger partial charge in [-0.05, 0) is 54.5 Å². The predicted octanol–water partition coefficient (Wildman–Crippen LogP) is 5.91. The first-order valence-electron chi connectivity index (χ1n) is 10.7. The molecule has 3 heterocycles. The summed E-state index contributed by atoms with van der Waals surface area (Å²) in [7, 11) is 0. The van der Waals surface area contributed by atoms with Crippen LogP contribution in [-0.2, 0) is 15.7 Å². The molecule has 3 aromatic rings. The summed E-state index contributed by atoms with van der Waals surface area (Å²) in [6.07, 6.45) is 4.24. The number of nitrogens with zero attached hydrogens (tertiary/aromatic N) is 2. The van der Waals surface area contributed by atoms with Gasteiger partial charge in [0.25, 0.3) is 0 Å². The molecule has 0 radical (unpaired) electrons. The molecule has 5 rings (SSSR count). The van der Waals surface area contributed by atoms with Gasteiger partial charge >= 0.3 is 6.18 Å². The maximum Gasteiger partial charge on any atom is 0.416 e. The first-order valence-corrected chi connectivity index (χ1v) is 10.7. The number of carbonyl (C=O) groups excluding carboxylic acids is 1. The van der Waals surface area contributed by atoms with Crippen LogP contribution < -0.4 is 10.2 Å². The minimum absolute atomic E-state index is 0.350. The van der Waals surface area contributed by atoms with Crippen molar-refractivity contribution in [2.45, 2.75) is 12.6 Å². The van der Waals surface area contributed by atoms with Gasteiger partial charge in [-0.3, -0.25) is 9.78 Å². The lowest BCUT2D eigenvalue weighted by Gasteiger charge is -2.34. The summed E-state index contributed by atoms with van der Waals surface area (Å²) >= 11 is 0. The molecule has 1 N–H and O–H groups in total. The van der Waals surface area contributed by atoms with Gasteiger partial charge in [-0.2, -0.15) is 13.2 Å². The second-order valence-electron chi connectivity index (χ2n) is 7.97. The molecule has 5 nitrogen and oxygen atoms in total. The summed E-state index contributed by atoms with van der Waals surface area (Å²) in [5.74, 6) is -0.352. The Bertz CT molecular complexity index is 1360. The van der Waals surface area contributed by atoms with E-state index in [1.807, 2.05) is 29.2 Å². The molecular formula is C26H20F3N3O2. The number of amides is 1. The average molecular weight is 463 g/mol. The summed E-state index contributed by atoms with van der Waals surface area (Å²) < 4.78 is 45.5. The lowest BCUT2D eigenvalue weighted by molar-refractivity contribution is -0.137. The van der Waals surface area contributed by atoms with Crippen molar-refractivity contribution in [1.29, 1.82) is 0 Å². The van der Waals surface area contributed by atoms with Gasteiger partial charge in [-0.25, -0.2) is 0 Å². The molecule has 0 saturated heterocycles. The van der Waals surface area contributed by atoms with Crippen LogP contribution in [0.15, 0.2) is 84.9 Å². The van der Waals surface area contributed by atoms with E-state index in [9.17, 15) is 18.0 Å². The largest absolute Gasteiger partial charge is 0.497 e. The molecule has 0 spiro atoms. The van der Waals surface area contributed by atoms with Crippen molar-refractivity contribution in [2.75, 3.05) is 23.4 Å². The fraction of sp³-hybridized carbons (Fsp3) is 0.154. The van der Waals surface area contributed by atoms with Crippen molar-refractivity contribution in [2.24, 2.45) is 0 Å². The van der Waals surface area contributed by atoms with E-state index in [1.54, 1.807) is 24.4 Å². The molecule has 34 heavy (non-hydrogen) atoms. The topological polar surface area (TPSA) is 54.5 Å². The fourth-order valence-corrected chi connectivity index (χ4v) is 4.16. The first kappa shape index (κ1) is 21.8. The van der Waals surface area contributed by atoms with Gasteiger partial charge in [0, 0.05) is 46.8 Å². The molecule has 1 amide bonds. The highest BCUT2D eigenvalue weighted by atomic mass is 19.4. The summed E-state index contributed by atoms with van der Waals surface area (Å²) in [6, 6.07) is 12.8. The van der Waals surface area contributed by atoms with E-state index in [1.165, 1.54) is 18.4 Å². The zero-order chi connectivity index (χ0) is 23.7. The minimum Gasteiger partial charge on any atom is -0.497 e. The van der Waals surface area contributed by atoms with Gasteiger partial charge < -0.3 is 15.0 Å². The molecule has 8 heteroatoms. The van der Waals surface area contributed by atoms with Crippen LogP contribution in [0.5, 0.6) is 0 Å². The van der Waals surface area contributed by atoms with Crippen LogP contribution in [0.3, 0.4) is 0 Å². The third kappa shape index (κ3) is 4.39. The Morgan fingerprint density at radius 1 is 1.15 bits per heavy atom. The highest BCUT2D eigenvalue weighted by Crippen LogP contribution is 2.41. The van der Waals surface area contributed by atoms with Crippen molar-refractivity contribution < 1.29 is 22.7 Å². The number of ether oxygens (including phenoxy) is 1. The molecule has 0 bridgehead atoms. The Kier molecular flexibility index (Phi) is 5.57. The zero-order valence-electron chi connectivity index (χ0n) is 18.0. The van der Waals surface area contributed by atoms with Crippen LogP contribution in [0.4, 0.5) is 24.5 Å². The summed E-state index contributed by atoms with van der Waals surface area (Å²) in [6.45, 7) is 0.784. The van der Waals surface area contributed by atoms with Gasteiger partial charge in [0.15, 0.2) is 0 Å². The maximum absolute atomic E-state index is 13.4. The normalized spacial score (nSPS) is 16.7. The lowest BCUT2D eigenvalue weighted by Crippen LogP contribution is -2.29. The molecule has 2 aliphatic heterocycles. The van der Waals surface area contributed by atoms with E-state index in [-0.39, 0.29) is 5.91 Å². The SMILES string of the molecule is O=C(C=C1CCN(C2=CCOC=C2)c2cc(C(F)(F)F)ccc21)Nc1ccc2cccnc2c1. The molecule has 2 aromatic carbocycles. The second-order valence-corrected chi connectivity index (χ2v) is 7.97. The third-order valence-corrected chi connectivity index (χ3v) is 5.78. The third-order valence-electron chi connectivity index (χ3n) is 5.78. The molecule has 0 aliphatic carbocycles. The van der Waals surface area contributed by atoms with Gasteiger partial charge in [-0.15, -0.1) is 0 Å². The van der Waals surface area contributed by atoms with E-state index in [4.69, 9.17) is 4.74 Å². The van der Waals surface area contributed by atoms with Crippen LogP contribution in [0.2, 0.25) is 0 Å². The highest BCUT2D eigenvalue weighted by Gasteiger charge is 2.33. The molecule has 1 aromatic heterocycles. The van der Waals surface area contributed by atoms with Crippen molar-refractivity contribution in [3.05, 3.63) is 96.0 Å². The van der Waals surface area contributed by atoms with Crippen molar-refractivity contribution >= 4 is 33.8 Å². The number of nitrogens with one attached hydrogen (secondary N) is 1. The van der Waals surface area contributed by atoms with E-state index >= 15 is 0 Å². The van der Waals surface area contributed by atoms with Crippen LogP contribution in [-0.4, -0.2) is 24.0 Å². The first-order chi connectivity index (χ1) is 16.4. The maximum atomic E-state index is 13.4. The van der Waals surface area contributed by atoms with Gasteiger partial charge in [-0.1, -0.05) is 18.2 Å². The highest BCUT2D eigenvalue weighted by molar-refractivity contribution is 6.06. The number of benzene rings is 2. The zero-order valence-corrected chi connectivity index (χ0v) is 18.0. The number of allylic oxidation sites excluding steroid dienone is 1. The van der Waals surface area contributed by atoms with Crippen molar-refractivity contribution in [3.8, 4) is 0 Å². The van der Waals surface area contributed by atoms with Gasteiger partial charge in [0.2, 0.25) is 5.91 Å². The monoisotopic (exact) mass is 463 g/mol. The molecule has 0 atom stereocenters. The van der Waals surface area contributed by atoms with E-state index < -0.39 is 11.7 Å². The summed E-state index contributed by atoms with van der Waals surface area (Å²) in [4.78, 5) is 18.9. The Morgan fingerprint density at radius 3 is 2.82 bits per heavy atom. The molecule has 172 valence electrons.